The van der Waals surface area contributed by atoms with Crippen molar-refractivity contribution in [1.82, 2.24) is 9.55 Å². The van der Waals surface area contributed by atoms with Crippen LogP contribution in [0.5, 0.6) is 0 Å². The van der Waals surface area contributed by atoms with Crippen LogP contribution in [0.1, 0.15) is 15.9 Å². The van der Waals surface area contributed by atoms with Gasteiger partial charge in [-0.25, -0.2) is 4.98 Å². The first-order valence-electron chi connectivity index (χ1n) is 5.33. The molecule has 0 aliphatic heterocycles. The molecule has 0 saturated heterocycles. The van der Waals surface area contributed by atoms with Crippen LogP contribution >= 0.6 is 0 Å². The molecule has 4 heteroatoms. The molecule has 17 heavy (non-hydrogen) atoms. The lowest BCUT2D eigenvalue weighted by Gasteiger charge is -2.05. The van der Waals surface area contributed by atoms with E-state index in [0.717, 1.165) is 5.56 Å². The molecular formula is C13H13N3O. The number of nitrogens with one attached hydrogen (secondary N) is 1. The molecular weight excluding hydrogens is 214 g/mol. The minimum Gasteiger partial charge on any atom is -0.310 e. The highest BCUT2D eigenvalue weighted by molar-refractivity contribution is 5.95. The fourth-order valence-electron chi connectivity index (χ4n) is 1.51. The zero-order chi connectivity index (χ0) is 12.3. The molecule has 0 bridgehead atoms. The second-order valence-corrected chi connectivity index (χ2v) is 3.86. The molecule has 1 heterocycles. The van der Waals surface area contributed by atoms with Crippen LogP contribution in [0.2, 0.25) is 0 Å². The number of hydrogen-bond donors (Lipinski definition) is 1. The van der Waals surface area contributed by atoms with Crippen molar-refractivity contribution < 1.29 is 4.79 Å². The van der Waals surface area contributed by atoms with E-state index in [-0.39, 0.29) is 17.9 Å². The first-order chi connectivity index (χ1) is 8.16. The van der Waals surface area contributed by atoms with Crippen molar-refractivity contribution in [2.75, 3.05) is 0 Å². The third kappa shape index (κ3) is 2.66. The highest BCUT2D eigenvalue weighted by atomic mass is 16.1. The molecule has 0 radical (unpaired) electrons. The molecule has 0 unspecified atom stereocenters. The normalized spacial score (nSPS) is 10.2. The van der Waals surface area contributed by atoms with Gasteiger partial charge in [0.05, 0.1) is 6.54 Å². The van der Waals surface area contributed by atoms with Crippen molar-refractivity contribution in [1.29, 1.82) is 5.41 Å². The quantitative estimate of drug-likeness (QED) is 0.809. The minimum atomic E-state index is -0.0171. The lowest BCUT2D eigenvalue weighted by molar-refractivity contribution is 0.0969. The Bertz CT molecular complexity index is 584. The van der Waals surface area contributed by atoms with Gasteiger partial charge in [-0.05, 0) is 13.0 Å². The van der Waals surface area contributed by atoms with E-state index in [1.807, 2.05) is 19.1 Å². The number of aromatic nitrogens is 2. The maximum atomic E-state index is 11.9. The van der Waals surface area contributed by atoms with Crippen molar-refractivity contribution >= 4 is 5.78 Å². The van der Waals surface area contributed by atoms with Gasteiger partial charge in [0.25, 0.3) is 0 Å². The van der Waals surface area contributed by atoms with Crippen LogP contribution in [0.15, 0.2) is 42.7 Å². The molecule has 0 spiro atoms. The molecule has 0 atom stereocenters. The summed E-state index contributed by atoms with van der Waals surface area (Å²) < 4.78 is 1.52. The van der Waals surface area contributed by atoms with Crippen LogP contribution in [0.3, 0.4) is 0 Å². The number of aryl methyl sites for hydroxylation is 1. The number of carbonyl (C=O) groups excluding carboxylic acids is 1. The maximum absolute atomic E-state index is 11.9. The van der Waals surface area contributed by atoms with Gasteiger partial charge in [0.1, 0.15) is 0 Å². The topological polar surface area (TPSA) is 58.7 Å². The number of carbonyl (C=O) groups is 1. The monoisotopic (exact) mass is 227 g/mol. The van der Waals surface area contributed by atoms with Crippen LogP contribution < -0.4 is 5.62 Å². The summed E-state index contributed by atoms with van der Waals surface area (Å²) in [7, 11) is 0. The van der Waals surface area contributed by atoms with E-state index < -0.39 is 0 Å². The van der Waals surface area contributed by atoms with Crippen LogP contribution in [-0.4, -0.2) is 15.3 Å². The van der Waals surface area contributed by atoms with Gasteiger partial charge in [0, 0.05) is 18.0 Å². The van der Waals surface area contributed by atoms with E-state index in [4.69, 9.17) is 5.41 Å². The van der Waals surface area contributed by atoms with Crippen molar-refractivity contribution in [2.45, 2.75) is 13.5 Å². The number of ketones is 1. The molecule has 1 N–H and O–H groups in total. The highest BCUT2D eigenvalue weighted by Crippen LogP contribution is 2.04. The number of rotatable bonds is 3. The third-order valence-electron chi connectivity index (χ3n) is 2.51. The molecule has 86 valence electrons. The molecule has 0 saturated carbocycles. The number of hydrogen-bond acceptors (Lipinski definition) is 3. The molecule has 0 fully saturated rings. The average Bonchev–Trinajstić information content (AvgIpc) is 2.33. The van der Waals surface area contributed by atoms with E-state index in [1.54, 1.807) is 24.4 Å². The Hall–Kier alpha value is -2.23. The number of benzene rings is 1. The highest BCUT2D eigenvalue weighted by Gasteiger charge is 2.06. The smallest absolute Gasteiger partial charge is 0.222 e. The number of nitrogens with zero attached hydrogens (tertiary/aromatic N) is 2. The summed E-state index contributed by atoms with van der Waals surface area (Å²) in [4.78, 5) is 15.8. The fraction of sp³-hybridized carbons (Fsp3) is 0.154. The van der Waals surface area contributed by atoms with Gasteiger partial charge in [-0.15, -0.1) is 0 Å². The van der Waals surface area contributed by atoms with Crippen molar-refractivity contribution in [2.24, 2.45) is 0 Å². The van der Waals surface area contributed by atoms with Gasteiger partial charge in [0.2, 0.25) is 5.62 Å². The Kier molecular flexibility index (Phi) is 3.14. The summed E-state index contributed by atoms with van der Waals surface area (Å²) in [5.74, 6) is -0.0171. The zero-order valence-electron chi connectivity index (χ0n) is 9.55. The summed E-state index contributed by atoms with van der Waals surface area (Å²) in [6.45, 7) is 2.13. The minimum absolute atomic E-state index is 0.0171. The van der Waals surface area contributed by atoms with E-state index >= 15 is 0 Å². The summed E-state index contributed by atoms with van der Waals surface area (Å²) >= 11 is 0. The summed E-state index contributed by atoms with van der Waals surface area (Å²) in [6.07, 6.45) is 3.22. The molecule has 1 aromatic carbocycles. The zero-order valence-corrected chi connectivity index (χ0v) is 9.55. The first kappa shape index (κ1) is 11.3. The van der Waals surface area contributed by atoms with Gasteiger partial charge < -0.3 is 4.57 Å². The van der Waals surface area contributed by atoms with E-state index in [2.05, 4.69) is 4.98 Å². The second kappa shape index (κ2) is 4.74. The molecule has 4 nitrogen and oxygen atoms in total. The molecule has 0 aliphatic rings. The Balaban J connectivity index is 2.20. The van der Waals surface area contributed by atoms with Crippen LogP contribution in [0.25, 0.3) is 0 Å². The molecule has 2 rings (SSSR count). The van der Waals surface area contributed by atoms with Gasteiger partial charge in [-0.3, -0.25) is 10.2 Å². The molecule has 2 aromatic rings. The Morgan fingerprint density at radius 2 is 2.06 bits per heavy atom. The van der Waals surface area contributed by atoms with Gasteiger partial charge >= 0.3 is 0 Å². The lowest BCUT2D eigenvalue weighted by Crippen LogP contribution is -2.25. The van der Waals surface area contributed by atoms with Crippen molar-refractivity contribution in [3.8, 4) is 0 Å². The molecule has 1 aromatic heterocycles. The predicted molar refractivity (Wildman–Crippen MR) is 63.6 cm³/mol. The largest absolute Gasteiger partial charge is 0.310 e. The summed E-state index contributed by atoms with van der Waals surface area (Å²) in [5, 5.41) is 7.56. The van der Waals surface area contributed by atoms with E-state index in [0.29, 0.717) is 5.56 Å². The van der Waals surface area contributed by atoms with Gasteiger partial charge in [-0.1, -0.05) is 29.8 Å². The summed E-state index contributed by atoms with van der Waals surface area (Å²) in [6, 6.07) is 9.13. The maximum Gasteiger partial charge on any atom is 0.222 e. The standard InChI is InChI=1S/C13H13N3O/c1-10-3-5-11(6-4-10)12(17)9-16-8-2-7-15-13(16)14/h2-8,14H,9H2,1H3. The fourth-order valence-corrected chi connectivity index (χ4v) is 1.51. The van der Waals surface area contributed by atoms with Crippen molar-refractivity contribution in [3.63, 3.8) is 0 Å². The van der Waals surface area contributed by atoms with E-state index in [1.165, 1.54) is 10.8 Å². The van der Waals surface area contributed by atoms with Crippen LogP contribution in [0, 0.1) is 12.3 Å². The van der Waals surface area contributed by atoms with Gasteiger partial charge in [-0.2, -0.15) is 0 Å². The lowest BCUT2D eigenvalue weighted by atomic mass is 10.1. The molecule has 0 aliphatic carbocycles. The van der Waals surface area contributed by atoms with Crippen LogP contribution in [-0.2, 0) is 6.54 Å². The van der Waals surface area contributed by atoms with Crippen molar-refractivity contribution in [3.05, 3.63) is 59.5 Å². The Labute approximate surface area is 99.1 Å². The van der Waals surface area contributed by atoms with E-state index in [9.17, 15) is 4.79 Å². The molecule has 0 amide bonds. The SMILES string of the molecule is Cc1ccc(C(=O)Cn2cccnc2=N)cc1. The Morgan fingerprint density at radius 3 is 2.71 bits per heavy atom. The van der Waals surface area contributed by atoms with Gasteiger partial charge in [0.15, 0.2) is 5.78 Å². The predicted octanol–water partition coefficient (Wildman–Crippen LogP) is 1.55. The summed E-state index contributed by atoms with van der Waals surface area (Å²) in [5.41, 5.74) is 1.87. The Morgan fingerprint density at radius 1 is 1.35 bits per heavy atom. The first-order valence-corrected chi connectivity index (χ1v) is 5.33. The van der Waals surface area contributed by atoms with Crippen LogP contribution in [0.4, 0.5) is 0 Å². The second-order valence-electron chi connectivity index (χ2n) is 3.86. The number of Topliss-reactive ketones (excluding diaryl/α,β-unsaturated/α-hetero) is 1. The third-order valence-corrected chi connectivity index (χ3v) is 2.51. The average molecular weight is 227 g/mol.